The molecule has 0 aromatic heterocycles. The third kappa shape index (κ3) is 3.30. The second-order valence-corrected chi connectivity index (χ2v) is 5.87. The third-order valence-electron chi connectivity index (χ3n) is 2.88. The van der Waals surface area contributed by atoms with Crippen molar-refractivity contribution in [2.75, 3.05) is 29.9 Å². The quantitative estimate of drug-likeness (QED) is 0.830. The maximum absolute atomic E-state index is 12.0. The number of amides is 2. The normalized spacial score (nSPS) is 16.6. The van der Waals surface area contributed by atoms with Crippen LogP contribution in [0, 0.1) is 0 Å². The lowest BCUT2D eigenvalue weighted by molar-refractivity contribution is 0.216. The van der Waals surface area contributed by atoms with E-state index in [2.05, 4.69) is 5.32 Å². The van der Waals surface area contributed by atoms with Crippen LogP contribution in [0.5, 0.6) is 0 Å². The summed E-state index contributed by atoms with van der Waals surface area (Å²) in [5.41, 5.74) is 7.27. The molecule has 1 aliphatic rings. The van der Waals surface area contributed by atoms with Crippen molar-refractivity contribution in [3.8, 4) is 0 Å². The van der Waals surface area contributed by atoms with Gasteiger partial charge in [-0.05, 0) is 17.7 Å². The van der Waals surface area contributed by atoms with Crippen LogP contribution in [-0.4, -0.2) is 39.7 Å². The average Bonchev–Trinajstić information content (AvgIpc) is 2.39. The number of anilines is 1. The van der Waals surface area contributed by atoms with E-state index < -0.39 is 10.8 Å². The summed E-state index contributed by atoms with van der Waals surface area (Å²) in [6.45, 7) is 1.55. The molecule has 0 atom stereocenters. The minimum atomic E-state index is -0.767. The van der Waals surface area contributed by atoms with Crippen LogP contribution >= 0.6 is 0 Å². The number of carbonyl (C=O) groups excluding carboxylic acids is 1. The van der Waals surface area contributed by atoms with E-state index >= 15 is 0 Å². The highest BCUT2D eigenvalue weighted by Crippen LogP contribution is 2.11. The Morgan fingerprint density at radius 2 is 2.11 bits per heavy atom. The number of nitrogens with zero attached hydrogens (tertiary/aromatic N) is 1. The van der Waals surface area contributed by atoms with Crippen LogP contribution in [0.2, 0.25) is 0 Å². The van der Waals surface area contributed by atoms with Crippen molar-refractivity contribution in [2.45, 2.75) is 6.54 Å². The van der Waals surface area contributed by atoms with Crippen molar-refractivity contribution in [1.82, 2.24) is 4.90 Å². The van der Waals surface area contributed by atoms with Gasteiger partial charge in [0.15, 0.2) is 0 Å². The van der Waals surface area contributed by atoms with Crippen molar-refractivity contribution in [2.24, 2.45) is 5.73 Å². The Balaban J connectivity index is 1.96. The zero-order valence-corrected chi connectivity index (χ0v) is 10.9. The number of carbonyl (C=O) groups is 1. The first kappa shape index (κ1) is 13.0. The van der Waals surface area contributed by atoms with E-state index in [4.69, 9.17) is 5.73 Å². The van der Waals surface area contributed by atoms with Gasteiger partial charge >= 0.3 is 6.03 Å². The molecule has 0 bridgehead atoms. The molecule has 1 aliphatic heterocycles. The van der Waals surface area contributed by atoms with E-state index in [9.17, 15) is 9.00 Å². The van der Waals surface area contributed by atoms with E-state index in [-0.39, 0.29) is 6.03 Å². The van der Waals surface area contributed by atoms with E-state index in [1.165, 1.54) is 0 Å². The lowest BCUT2D eigenvalue weighted by Gasteiger charge is -2.26. The van der Waals surface area contributed by atoms with E-state index in [1.54, 1.807) is 4.90 Å². The molecule has 18 heavy (non-hydrogen) atoms. The van der Waals surface area contributed by atoms with Gasteiger partial charge in [-0.25, -0.2) is 4.79 Å². The summed E-state index contributed by atoms with van der Waals surface area (Å²) < 4.78 is 11.2. The van der Waals surface area contributed by atoms with Crippen LogP contribution in [0.1, 0.15) is 5.56 Å². The smallest absolute Gasteiger partial charge is 0.321 e. The molecule has 0 saturated carbocycles. The number of nitrogens with two attached hydrogens (primary N) is 1. The van der Waals surface area contributed by atoms with E-state index in [0.717, 1.165) is 11.3 Å². The van der Waals surface area contributed by atoms with Crippen molar-refractivity contribution >= 4 is 22.5 Å². The molecular formula is C12H17N3O2S. The first-order chi connectivity index (χ1) is 8.69. The minimum absolute atomic E-state index is 0.138. The molecule has 1 aromatic carbocycles. The highest BCUT2D eigenvalue weighted by molar-refractivity contribution is 7.85. The highest BCUT2D eigenvalue weighted by Gasteiger charge is 2.19. The van der Waals surface area contributed by atoms with Crippen LogP contribution in [0.3, 0.4) is 0 Å². The summed E-state index contributed by atoms with van der Waals surface area (Å²) in [4.78, 5) is 13.6. The van der Waals surface area contributed by atoms with Crippen LogP contribution in [0.25, 0.3) is 0 Å². The van der Waals surface area contributed by atoms with Gasteiger partial charge in [-0.15, -0.1) is 0 Å². The molecule has 2 amide bonds. The molecule has 0 spiro atoms. The van der Waals surface area contributed by atoms with E-state index in [1.807, 2.05) is 24.3 Å². The summed E-state index contributed by atoms with van der Waals surface area (Å²) in [7, 11) is -0.767. The van der Waals surface area contributed by atoms with Crippen LogP contribution in [0.15, 0.2) is 24.3 Å². The molecule has 3 N–H and O–H groups in total. The molecule has 2 rings (SSSR count). The first-order valence-corrected chi connectivity index (χ1v) is 7.38. The number of rotatable bonds is 2. The second kappa shape index (κ2) is 5.97. The van der Waals surface area contributed by atoms with Crippen LogP contribution in [-0.2, 0) is 17.3 Å². The Morgan fingerprint density at radius 1 is 1.39 bits per heavy atom. The molecule has 0 radical (unpaired) electrons. The van der Waals surface area contributed by atoms with Gasteiger partial charge in [0.25, 0.3) is 0 Å². The predicted octanol–water partition coefficient (Wildman–Crippen LogP) is 0.741. The zero-order valence-electron chi connectivity index (χ0n) is 10.1. The van der Waals surface area contributed by atoms with Gasteiger partial charge in [0, 0.05) is 47.6 Å². The van der Waals surface area contributed by atoms with Crippen LogP contribution in [0.4, 0.5) is 10.5 Å². The summed E-state index contributed by atoms with van der Waals surface area (Å²) in [5, 5.41) is 2.83. The molecule has 0 unspecified atom stereocenters. The lowest BCUT2D eigenvalue weighted by Crippen LogP contribution is -2.43. The minimum Gasteiger partial charge on any atom is -0.326 e. The molecular weight excluding hydrogens is 250 g/mol. The molecule has 1 fully saturated rings. The summed E-state index contributed by atoms with van der Waals surface area (Å²) in [5.74, 6) is 1.13. The molecule has 0 aliphatic carbocycles. The molecule has 5 nitrogen and oxygen atoms in total. The molecule has 98 valence electrons. The summed E-state index contributed by atoms with van der Waals surface area (Å²) in [6.07, 6.45) is 0. The number of hydrogen-bond acceptors (Lipinski definition) is 3. The number of hydrogen-bond donors (Lipinski definition) is 2. The SMILES string of the molecule is NCc1cccc(NC(=O)N2CCS(=O)CC2)c1. The van der Waals surface area contributed by atoms with Crippen LogP contribution < -0.4 is 11.1 Å². The summed E-state index contributed by atoms with van der Waals surface area (Å²) >= 11 is 0. The third-order valence-corrected chi connectivity index (χ3v) is 4.15. The van der Waals surface area contributed by atoms with Gasteiger partial charge in [-0.2, -0.15) is 0 Å². The Hall–Kier alpha value is -1.40. The fourth-order valence-corrected chi connectivity index (χ4v) is 2.87. The maximum Gasteiger partial charge on any atom is 0.321 e. The van der Waals surface area contributed by atoms with Crippen molar-refractivity contribution in [3.05, 3.63) is 29.8 Å². The Kier molecular flexibility index (Phi) is 4.33. The largest absolute Gasteiger partial charge is 0.326 e. The molecule has 1 aromatic rings. The van der Waals surface area contributed by atoms with Gasteiger partial charge in [0.05, 0.1) is 0 Å². The fraction of sp³-hybridized carbons (Fsp3) is 0.417. The van der Waals surface area contributed by atoms with E-state index in [0.29, 0.717) is 31.1 Å². The zero-order chi connectivity index (χ0) is 13.0. The number of benzene rings is 1. The Morgan fingerprint density at radius 3 is 2.78 bits per heavy atom. The monoisotopic (exact) mass is 267 g/mol. The number of nitrogens with one attached hydrogen (secondary N) is 1. The highest BCUT2D eigenvalue weighted by atomic mass is 32.2. The summed E-state index contributed by atoms with van der Waals surface area (Å²) in [6, 6.07) is 7.34. The van der Waals surface area contributed by atoms with Gasteiger partial charge in [-0.3, -0.25) is 4.21 Å². The van der Waals surface area contributed by atoms with Gasteiger partial charge < -0.3 is 16.0 Å². The van der Waals surface area contributed by atoms with Crippen molar-refractivity contribution in [1.29, 1.82) is 0 Å². The van der Waals surface area contributed by atoms with Gasteiger partial charge in [0.1, 0.15) is 0 Å². The fourth-order valence-electron chi connectivity index (χ4n) is 1.82. The standard InChI is InChI=1S/C12H17N3O2S/c13-9-10-2-1-3-11(8-10)14-12(16)15-4-6-18(17)7-5-15/h1-3,8H,4-7,9,13H2,(H,14,16). The van der Waals surface area contributed by atoms with Crippen molar-refractivity contribution in [3.63, 3.8) is 0 Å². The Bertz CT molecular complexity index is 454. The predicted molar refractivity (Wildman–Crippen MR) is 72.8 cm³/mol. The molecule has 1 saturated heterocycles. The Labute approximate surface area is 109 Å². The average molecular weight is 267 g/mol. The maximum atomic E-state index is 12.0. The van der Waals surface area contributed by atoms with Crippen molar-refractivity contribution < 1.29 is 9.00 Å². The lowest BCUT2D eigenvalue weighted by atomic mass is 10.2. The topological polar surface area (TPSA) is 75.4 Å². The first-order valence-electron chi connectivity index (χ1n) is 5.89. The number of urea groups is 1. The second-order valence-electron chi connectivity index (χ2n) is 4.17. The van der Waals surface area contributed by atoms with Gasteiger partial charge in [0.2, 0.25) is 0 Å². The molecule has 1 heterocycles. The van der Waals surface area contributed by atoms with Gasteiger partial charge in [-0.1, -0.05) is 12.1 Å². The molecule has 6 heteroatoms.